The van der Waals surface area contributed by atoms with Gasteiger partial charge in [0.2, 0.25) is 10.0 Å². The van der Waals surface area contributed by atoms with Crippen molar-refractivity contribution in [2.75, 3.05) is 26.7 Å². The standard InChI is InChI=1S/C14H22N2O3S/c1-11-9-15(3)7-8-16(11)20(18,19)14-6-4-5-13(10-17)12(14)2/h4-6,11,17H,7-10H2,1-3H3. The Morgan fingerprint density at radius 2 is 2.05 bits per heavy atom. The first-order valence-corrected chi connectivity index (χ1v) is 8.21. The van der Waals surface area contributed by atoms with Crippen LogP contribution in [-0.2, 0) is 16.6 Å². The van der Waals surface area contributed by atoms with Gasteiger partial charge >= 0.3 is 0 Å². The summed E-state index contributed by atoms with van der Waals surface area (Å²) in [7, 11) is -1.50. The van der Waals surface area contributed by atoms with Crippen LogP contribution >= 0.6 is 0 Å². The van der Waals surface area contributed by atoms with Crippen LogP contribution in [0.3, 0.4) is 0 Å². The Hall–Kier alpha value is -0.950. The van der Waals surface area contributed by atoms with E-state index in [1.165, 1.54) is 0 Å². The fourth-order valence-electron chi connectivity index (χ4n) is 2.72. The summed E-state index contributed by atoms with van der Waals surface area (Å²) in [6, 6.07) is 5.01. The molecule has 1 unspecified atom stereocenters. The smallest absolute Gasteiger partial charge is 0.243 e. The normalized spacial score (nSPS) is 22.1. The van der Waals surface area contributed by atoms with Crippen LogP contribution < -0.4 is 0 Å². The Morgan fingerprint density at radius 3 is 2.65 bits per heavy atom. The van der Waals surface area contributed by atoms with E-state index in [0.717, 1.165) is 13.1 Å². The molecule has 6 heteroatoms. The van der Waals surface area contributed by atoms with Gasteiger partial charge in [-0.25, -0.2) is 8.42 Å². The largest absolute Gasteiger partial charge is 0.392 e. The molecule has 0 amide bonds. The molecule has 1 fully saturated rings. The van der Waals surface area contributed by atoms with E-state index in [9.17, 15) is 13.5 Å². The molecule has 0 bridgehead atoms. The molecule has 1 atom stereocenters. The summed E-state index contributed by atoms with van der Waals surface area (Å²) >= 11 is 0. The second-order valence-corrected chi connectivity index (χ2v) is 7.28. The lowest BCUT2D eigenvalue weighted by atomic mass is 10.1. The molecule has 1 saturated heterocycles. The van der Waals surface area contributed by atoms with E-state index >= 15 is 0 Å². The van der Waals surface area contributed by atoms with Crippen molar-refractivity contribution in [3.8, 4) is 0 Å². The van der Waals surface area contributed by atoms with E-state index in [-0.39, 0.29) is 12.6 Å². The predicted octanol–water partition coefficient (Wildman–Crippen LogP) is 0.812. The Labute approximate surface area is 120 Å². The highest BCUT2D eigenvalue weighted by Crippen LogP contribution is 2.25. The molecule has 2 rings (SSSR count). The summed E-state index contributed by atoms with van der Waals surface area (Å²) in [5.41, 5.74) is 1.30. The molecule has 0 aromatic heterocycles. The molecule has 5 nitrogen and oxygen atoms in total. The van der Waals surface area contributed by atoms with Crippen LogP contribution in [-0.4, -0.2) is 55.5 Å². The average Bonchev–Trinajstić information content (AvgIpc) is 2.38. The van der Waals surface area contributed by atoms with Crippen LogP contribution in [0.25, 0.3) is 0 Å². The van der Waals surface area contributed by atoms with Gasteiger partial charge in [0.25, 0.3) is 0 Å². The second kappa shape index (κ2) is 5.81. The SMILES string of the molecule is Cc1c(CO)cccc1S(=O)(=O)N1CCN(C)CC1C. The highest BCUT2D eigenvalue weighted by Gasteiger charge is 2.33. The van der Waals surface area contributed by atoms with Crippen LogP contribution in [0.1, 0.15) is 18.1 Å². The maximum absolute atomic E-state index is 12.8. The van der Waals surface area contributed by atoms with E-state index in [1.807, 2.05) is 14.0 Å². The summed E-state index contributed by atoms with van der Waals surface area (Å²) in [5, 5.41) is 9.29. The predicted molar refractivity (Wildman–Crippen MR) is 78.0 cm³/mol. The Kier molecular flexibility index (Phi) is 4.49. The summed E-state index contributed by atoms with van der Waals surface area (Å²) in [6.07, 6.45) is 0. The number of piperazine rings is 1. The quantitative estimate of drug-likeness (QED) is 0.897. The molecule has 0 spiro atoms. The minimum atomic E-state index is -3.50. The van der Waals surface area contributed by atoms with Crippen molar-refractivity contribution in [2.24, 2.45) is 0 Å². The molecule has 0 radical (unpaired) electrons. The van der Waals surface area contributed by atoms with Crippen molar-refractivity contribution in [1.29, 1.82) is 0 Å². The lowest BCUT2D eigenvalue weighted by Gasteiger charge is -2.37. The van der Waals surface area contributed by atoms with Gasteiger partial charge in [0.05, 0.1) is 11.5 Å². The van der Waals surface area contributed by atoms with Gasteiger partial charge in [-0.2, -0.15) is 4.31 Å². The molecule has 1 aromatic rings. The zero-order valence-electron chi connectivity index (χ0n) is 12.2. The van der Waals surface area contributed by atoms with E-state index in [2.05, 4.69) is 4.90 Å². The van der Waals surface area contributed by atoms with Crippen molar-refractivity contribution in [3.63, 3.8) is 0 Å². The number of hydrogen-bond donors (Lipinski definition) is 1. The van der Waals surface area contributed by atoms with Gasteiger partial charge in [0.1, 0.15) is 0 Å². The van der Waals surface area contributed by atoms with Gasteiger partial charge in [0, 0.05) is 25.7 Å². The van der Waals surface area contributed by atoms with Gasteiger partial charge in [-0.15, -0.1) is 0 Å². The first-order valence-electron chi connectivity index (χ1n) is 6.77. The molecular weight excluding hydrogens is 276 g/mol. The highest BCUT2D eigenvalue weighted by molar-refractivity contribution is 7.89. The van der Waals surface area contributed by atoms with E-state index < -0.39 is 10.0 Å². The number of nitrogens with zero attached hydrogens (tertiary/aromatic N) is 2. The van der Waals surface area contributed by atoms with Crippen molar-refractivity contribution in [2.45, 2.75) is 31.4 Å². The second-order valence-electron chi connectivity index (χ2n) is 5.43. The van der Waals surface area contributed by atoms with Crippen molar-refractivity contribution >= 4 is 10.0 Å². The molecule has 1 N–H and O–H groups in total. The molecule has 1 aromatic carbocycles. The van der Waals surface area contributed by atoms with Crippen LogP contribution in [0.5, 0.6) is 0 Å². The van der Waals surface area contributed by atoms with Crippen LogP contribution in [0, 0.1) is 6.92 Å². The number of aliphatic hydroxyl groups is 1. The highest BCUT2D eigenvalue weighted by atomic mass is 32.2. The Balaban J connectivity index is 2.40. The monoisotopic (exact) mass is 298 g/mol. The molecule has 1 aliphatic rings. The lowest BCUT2D eigenvalue weighted by Crippen LogP contribution is -2.52. The number of rotatable bonds is 3. The topological polar surface area (TPSA) is 60.9 Å². The minimum absolute atomic E-state index is 0.0454. The first-order chi connectivity index (χ1) is 9.37. The van der Waals surface area contributed by atoms with Crippen LogP contribution in [0.15, 0.2) is 23.1 Å². The van der Waals surface area contributed by atoms with Gasteiger partial charge in [0.15, 0.2) is 0 Å². The van der Waals surface area contributed by atoms with Gasteiger partial charge in [-0.05, 0) is 38.1 Å². The summed E-state index contributed by atoms with van der Waals surface area (Å²) in [4.78, 5) is 2.44. The number of likely N-dealkylation sites (N-methyl/N-ethyl adjacent to an activating group) is 1. The zero-order valence-corrected chi connectivity index (χ0v) is 13.0. The third kappa shape index (κ3) is 2.74. The van der Waals surface area contributed by atoms with Crippen LogP contribution in [0.4, 0.5) is 0 Å². The molecule has 1 heterocycles. The number of hydrogen-bond acceptors (Lipinski definition) is 4. The Morgan fingerprint density at radius 1 is 1.35 bits per heavy atom. The molecular formula is C14H22N2O3S. The van der Waals surface area contributed by atoms with E-state index in [1.54, 1.807) is 29.4 Å². The molecule has 0 aliphatic carbocycles. The van der Waals surface area contributed by atoms with Crippen molar-refractivity contribution in [1.82, 2.24) is 9.21 Å². The third-order valence-corrected chi connectivity index (χ3v) is 6.08. The van der Waals surface area contributed by atoms with Crippen LogP contribution in [0.2, 0.25) is 0 Å². The molecule has 20 heavy (non-hydrogen) atoms. The summed E-state index contributed by atoms with van der Waals surface area (Å²) in [5.74, 6) is 0. The number of sulfonamides is 1. The summed E-state index contributed by atoms with van der Waals surface area (Å²) < 4.78 is 27.2. The minimum Gasteiger partial charge on any atom is -0.392 e. The first kappa shape index (κ1) is 15.4. The van der Waals surface area contributed by atoms with Crippen molar-refractivity contribution < 1.29 is 13.5 Å². The summed E-state index contributed by atoms with van der Waals surface area (Å²) in [6.45, 7) is 5.51. The third-order valence-electron chi connectivity index (χ3n) is 3.92. The lowest BCUT2D eigenvalue weighted by molar-refractivity contribution is 0.170. The maximum atomic E-state index is 12.8. The van der Waals surface area contributed by atoms with E-state index in [0.29, 0.717) is 22.6 Å². The maximum Gasteiger partial charge on any atom is 0.243 e. The molecule has 112 valence electrons. The van der Waals surface area contributed by atoms with Gasteiger partial charge in [-0.1, -0.05) is 12.1 Å². The van der Waals surface area contributed by atoms with Crippen molar-refractivity contribution in [3.05, 3.63) is 29.3 Å². The van der Waals surface area contributed by atoms with Gasteiger partial charge < -0.3 is 10.0 Å². The Bertz CT molecular complexity index is 586. The fourth-order valence-corrected chi connectivity index (χ4v) is 4.60. The van der Waals surface area contributed by atoms with E-state index in [4.69, 9.17) is 0 Å². The number of benzene rings is 1. The average molecular weight is 298 g/mol. The zero-order chi connectivity index (χ0) is 14.9. The fraction of sp³-hybridized carbons (Fsp3) is 0.571. The molecule has 1 aliphatic heterocycles. The number of aliphatic hydroxyl groups excluding tert-OH is 1. The van der Waals surface area contributed by atoms with Gasteiger partial charge in [-0.3, -0.25) is 0 Å². The molecule has 0 saturated carbocycles.